The number of aryl methyl sites for hydroxylation is 2. The Morgan fingerprint density at radius 3 is 2.45 bits per heavy atom. The molecule has 22 heavy (non-hydrogen) atoms. The van der Waals surface area contributed by atoms with Crippen molar-refractivity contribution in [3.8, 4) is 5.69 Å². The maximum atomic E-state index is 12.8. The Balaban J connectivity index is 2.30. The SMILES string of the molecule is Cc1cc(C)cc(-n2c3c(cc(CN)c2=O)CN(C)CC3)c1. The summed E-state index contributed by atoms with van der Waals surface area (Å²) in [6, 6.07) is 8.27. The predicted octanol–water partition coefficient (Wildman–Crippen LogP) is 1.90. The summed E-state index contributed by atoms with van der Waals surface area (Å²) in [7, 11) is 2.11. The third kappa shape index (κ3) is 2.60. The summed E-state index contributed by atoms with van der Waals surface area (Å²) in [5, 5.41) is 0. The van der Waals surface area contributed by atoms with E-state index in [0.29, 0.717) is 5.56 Å². The third-order valence-electron chi connectivity index (χ3n) is 4.32. The van der Waals surface area contributed by atoms with Crippen LogP contribution in [-0.4, -0.2) is 23.1 Å². The normalized spacial score (nSPS) is 14.9. The monoisotopic (exact) mass is 297 g/mol. The molecule has 1 aromatic carbocycles. The number of nitrogens with zero attached hydrogens (tertiary/aromatic N) is 2. The van der Waals surface area contributed by atoms with Crippen LogP contribution in [0.25, 0.3) is 5.69 Å². The quantitative estimate of drug-likeness (QED) is 0.921. The molecule has 116 valence electrons. The van der Waals surface area contributed by atoms with Gasteiger partial charge in [-0.15, -0.1) is 0 Å². The molecule has 2 aromatic rings. The maximum Gasteiger partial charge on any atom is 0.259 e. The number of likely N-dealkylation sites (N-methyl/N-ethyl adjacent to an activating group) is 1. The molecular formula is C18H23N3O. The summed E-state index contributed by atoms with van der Waals surface area (Å²) >= 11 is 0. The zero-order valence-corrected chi connectivity index (χ0v) is 13.5. The van der Waals surface area contributed by atoms with Gasteiger partial charge in [0, 0.05) is 43.0 Å². The Bertz CT molecular complexity index is 756. The van der Waals surface area contributed by atoms with Crippen LogP contribution in [0, 0.1) is 13.8 Å². The highest BCUT2D eigenvalue weighted by molar-refractivity contribution is 5.44. The summed E-state index contributed by atoms with van der Waals surface area (Å²) < 4.78 is 1.88. The van der Waals surface area contributed by atoms with E-state index >= 15 is 0 Å². The van der Waals surface area contributed by atoms with Gasteiger partial charge in [0.2, 0.25) is 0 Å². The second-order valence-corrected chi connectivity index (χ2v) is 6.32. The lowest BCUT2D eigenvalue weighted by molar-refractivity contribution is 0.307. The van der Waals surface area contributed by atoms with Gasteiger partial charge < -0.3 is 10.6 Å². The lowest BCUT2D eigenvalue weighted by Crippen LogP contribution is -2.35. The minimum atomic E-state index is 0.0239. The summed E-state index contributed by atoms with van der Waals surface area (Å²) in [4.78, 5) is 15.1. The molecule has 4 nitrogen and oxygen atoms in total. The molecule has 0 saturated heterocycles. The molecule has 0 unspecified atom stereocenters. The van der Waals surface area contributed by atoms with Crippen LogP contribution in [0.4, 0.5) is 0 Å². The van der Waals surface area contributed by atoms with Crippen LogP contribution >= 0.6 is 0 Å². The molecule has 0 amide bonds. The Morgan fingerprint density at radius 2 is 1.82 bits per heavy atom. The van der Waals surface area contributed by atoms with Gasteiger partial charge in [-0.25, -0.2) is 0 Å². The van der Waals surface area contributed by atoms with Crippen molar-refractivity contribution in [3.63, 3.8) is 0 Å². The standard InChI is InChI=1S/C18H23N3O/c1-12-6-13(2)8-16(7-12)21-17-4-5-20(3)11-15(17)9-14(10-19)18(21)22/h6-9H,4-5,10-11,19H2,1-3H3. The van der Waals surface area contributed by atoms with Gasteiger partial charge in [-0.1, -0.05) is 6.07 Å². The van der Waals surface area contributed by atoms with Gasteiger partial charge in [-0.05, 0) is 55.8 Å². The highest BCUT2D eigenvalue weighted by Gasteiger charge is 2.20. The summed E-state index contributed by atoms with van der Waals surface area (Å²) in [5.41, 5.74) is 12.1. The second-order valence-electron chi connectivity index (χ2n) is 6.32. The van der Waals surface area contributed by atoms with Gasteiger partial charge in [0.15, 0.2) is 0 Å². The van der Waals surface area contributed by atoms with Crippen LogP contribution < -0.4 is 11.3 Å². The number of pyridine rings is 1. The molecule has 1 aliphatic heterocycles. The molecule has 0 fully saturated rings. The highest BCUT2D eigenvalue weighted by Crippen LogP contribution is 2.22. The Labute approximate surface area is 131 Å². The summed E-state index contributed by atoms with van der Waals surface area (Å²) in [6.07, 6.45) is 0.888. The fraction of sp³-hybridized carbons (Fsp3) is 0.389. The highest BCUT2D eigenvalue weighted by atomic mass is 16.1. The largest absolute Gasteiger partial charge is 0.326 e. The number of hydrogen-bond donors (Lipinski definition) is 1. The molecule has 0 bridgehead atoms. The predicted molar refractivity (Wildman–Crippen MR) is 89.4 cm³/mol. The van der Waals surface area contributed by atoms with Crippen molar-refractivity contribution >= 4 is 0 Å². The fourth-order valence-electron chi connectivity index (χ4n) is 3.34. The summed E-state index contributed by atoms with van der Waals surface area (Å²) in [5.74, 6) is 0. The lowest BCUT2D eigenvalue weighted by Gasteiger charge is -2.28. The van der Waals surface area contributed by atoms with Crippen molar-refractivity contribution in [2.24, 2.45) is 5.73 Å². The topological polar surface area (TPSA) is 51.3 Å². The number of aromatic nitrogens is 1. The van der Waals surface area contributed by atoms with E-state index in [9.17, 15) is 4.79 Å². The maximum absolute atomic E-state index is 12.8. The number of fused-ring (bicyclic) bond motifs is 1. The first-order valence-electron chi connectivity index (χ1n) is 7.73. The van der Waals surface area contributed by atoms with E-state index in [0.717, 1.165) is 30.9 Å². The van der Waals surface area contributed by atoms with Crippen LogP contribution in [-0.2, 0) is 19.5 Å². The molecule has 0 aliphatic carbocycles. The number of nitrogens with two attached hydrogens (primary N) is 1. The van der Waals surface area contributed by atoms with Crippen molar-refractivity contribution in [1.29, 1.82) is 0 Å². The Kier molecular flexibility index (Phi) is 3.89. The van der Waals surface area contributed by atoms with E-state index in [1.54, 1.807) is 0 Å². The molecular weight excluding hydrogens is 274 g/mol. The third-order valence-corrected chi connectivity index (χ3v) is 4.32. The first kappa shape index (κ1) is 15.0. The molecule has 2 N–H and O–H groups in total. The number of hydrogen-bond acceptors (Lipinski definition) is 3. The molecule has 4 heteroatoms. The second kappa shape index (κ2) is 5.71. The molecule has 0 atom stereocenters. The van der Waals surface area contributed by atoms with Gasteiger partial charge in [-0.3, -0.25) is 9.36 Å². The molecule has 0 radical (unpaired) electrons. The van der Waals surface area contributed by atoms with Crippen LogP contribution in [0.2, 0.25) is 0 Å². The molecule has 2 heterocycles. The van der Waals surface area contributed by atoms with Crippen LogP contribution in [0.3, 0.4) is 0 Å². The fourth-order valence-corrected chi connectivity index (χ4v) is 3.34. The average molecular weight is 297 g/mol. The molecule has 1 aliphatic rings. The van der Waals surface area contributed by atoms with Crippen molar-refractivity contribution < 1.29 is 0 Å². The van der Waals surface area contributed by atoms with Crippen LogP contribution in [0.1, 0.15) is 27.9 Å². The molecule has 0 spiro atoms. The zero-order chi connectivity index (χ0) is 15.9. The Morgan fingerprint density at radius 1 is 1.14 bits per heavy atom. The van der Waals surface area contributed by atoms with Gasteiger partial charge in [0.1, 0.15) is 0 Å². The molecule has 1 aromatic heterocycles. The first-order chi connectivity index (χ1) is 10.5. The molecule has 3 rings (SSSR count). The van der Waals surface area contributed by atoms with Crippen molar-refractivity contribution in [2.45, 2.75) is 33.4 Å². The van der Waals surface area contributed by atoms with Crippen molar-refractivity contribution in [1.82, 2.24) is 9.47 Å². The number of rotatable bonds is 2. The Hall–Kier alpha value is -1.91. The first-order valence-corrected chi connectivity index (χ1v) is 7.73. The van der Waals surface area contributed by atoms with Crippen LogP contribution in [0.15, 0.2) is 29.1 Å². The smallest absolute Gasteiger partial charge is 0.259 e. The minimum absolute atomic E-state index is 0.0239. The summed E-state index contributed by atoms with van der Waals surface area (Å²) in [6.45, 7) is 6.25. The van der Waals surface area contributed by atoms with Gasteiger partial charge in [-0.2, -0.15) is 0 Å². The van der Waals surface area contributed by atoms with Gasteiger partial charge in [0.25, 0.3) is 5.56 Å². The number of benzene rings is 1. The average Bonchev–Trinajstić information content (AvgIpc) is 2.45. The van der Waals surface area contributed by atoms with E-state index in [1.165, 1.54) is 16.7 Å². The zero-order valence-electron chi connectivity index (χ0n) is 13.5. The van der Waals surface area contributed by atoms with E-state index in [4.69, 9.17) is 5.73 Å². The van der Waals surface area contributed by atoms with Gasteiger partial charge >= 0.3 is 0 Å². The van der Waals surface area contributed by atoms with Crippen molar-refractivity contribution in [2.75, 3.05) is 13.6 Å². The lowest BCUT2D eigenvalue weighted by atomic mass is 10.0. The van der Waals surface area contributed by atoms with Gasteiger partial charge in [0.05, 0.1) is 0 Å². The van der Waals surface area contributed by atoms with E-state index in [-0.39, 0.29) is 12.1 Å². The van der Waals surface area contributed by atoms with E-state index in [1.807, 2.05) is 10.6 Å². The van der Waals surface area contributed by atoms with E-state index in [2.05, 4.69) is 44.0 Å². The molecule has 0 saturated carbocycles. The minimum Gasteiger partial charge on any atom is -0.326 e. The van der Waals surface area contributed by atoms with E-state index < -0.39 is 0 Å². The van der Waals surface area contributed by atoms with Crippen molar-refractivity contribution in [3.05, 3.63) is 62.6 Å². The van der Waals surface area contributed by atoms with Crippen LogP contribution in [0.5, 0.6) is 0 Å².